The number of benzene rings is 2. The number of H-pyrrole nitrogens is 1. The van der Waals surface area contributed by atoms with Gasteiger partial charge in [0.25, 0.3) is 0 Å². The number of fused-ring (bicyclic) bond motifs is 1. The minimum atomic E-state index is -0.246. The maximum Gasteiger partial charge on any atom is 0.139 e. The Kier molecular flexibility index (Phi) is 5.61. The molecule has 0 radical (unpaired) electrons. The lowest BCUT2D eigenvalue weighted by Gasteiger charge is -2.32. The lowest BCUT2D eigenvalue weighted by molar-refractivity contribution is 0.486. The summed E-state index contributed by atoms with van der Waals surface area (Å²) in [6.45, 7) is 3.78. The van der Waals surface area contributed by atoms with Crippen LogP contribution < -0.4 is 4.90 Å². The molecule has 4 aromatic rings. The standard InChI is InChI=1S/C30H26FN5/c1-3-20-7-9-21(10-8-20)24-16-26-27(17-24)32-18-33-30(26)36-13-11-22(12-14-36)29-34-19(2)28(35-29)23-5-4-6-25(31)15-23/h1,4-10,15-16,18,22H,11-14,17H2,2H3,(H,34,35). The Morgan fingerprint density at radius 2 is 1.86 bits per heavy atom. The van der Waals surface area contributed by atoms with Crippen LogP contribution >= 0.6 is 0 Å². The second-order valence-electron chi connectivity index (χ2n) is 9.49. The molecule has 2 aliphatic rings. The molecule has 1 aliphatic heterocycles. The van der Waals surface area contributed by atoms with Gasteiger partial charge in [-0.3, -0.25) is 0 Å². The maximum atomic E-state index is 13.7. The largest absolute Gasteiger partial charge is 0.356 e. The molecule has 0 unspecified atom stereocenters. The smallest absolute Gasteiger partial charge is 0.139 e. The van der Waals surface area contributed by atoms with Crippen molar-refractivity contribution in [1.82, 2.24) is 19.9 Å². The molecule has 1 saturated heterocycles. The number of halogens is 1. The Bertz CT molecular complexity index is 1500. The van der Waals surface area contributed by atoms with E-state index in [1.54, 1.807) is 12.4 Å². The number of imidazole rings is 1. The van der Waals surface area contributed by atoms with E-state index in [1.807, 2.05) is 25.1 Å². The van der Waals surface area contributed by atoms with Crippen molar-refractivity contribution in [3.05, 3.63) is 94.6 Å². The first-order chi connectivity index (χ1) is 17.6. The lowest BCUT2D eigenvalue weighted by atomic mass is 9.96. The first kappa shape index (κ1) is 22.2. The van der Waals surface area contributed by atoms with Crippen LogP contribution in [-0.4, -0.2) is 33.0 Å². The number of anilines is 1. The van der Waals surface area contributed by atoms with Gasteiger partial charge in [-0.25, -0.2) is 19.3 Å². The highest BCUT2D eigenvalue weighted by molar-refractivity contribution is 5.91. The molecule has 0 atom stereocenters. The summed E-state index contributed by atoms with van der Waals surface area (Å²) in [7, 11) is 0. The van der Waals surface area contributed by atoms with Crippen LogP contribution in [0.15, 0.2) is 54.9 Å². The van der Waals surface area contributed by atoms with E-state index in [-0.39, 0.29) is 5.82 Å². The van der Waals surface area contributed by atoms with Gasteiger partial charge in [0.2, 0.25) is 0 Å². The van der Waals surface area contributed by atoms with Gasteiger partial charge < -0.3 is 9.88 Å². The van der Waals surface area contributed by atoms with Gasteiger partial charge in [0, 0.05) is 47.8 Å². The van der Waals surface area contributed by atoms with Gasteiger partial charge in [0.1, 0.15) is 23.8 Å². The van der Waals surface area contributed by atoms with Crippen LogP contribution in [0.2, 0.25) is 0 Å². The van der Waals surface area contributed by atoms with E-state index in [0.29, 0.717) is 5.92 Å². The number of terminal acetylenes is 1. The molecular weight excluding hydrogens is 449 g/mol. The fourth-order valence-corrected chi connectivity index (χ4v) is 5.29. The molecular formula is C30H26FN5. The zero-order chi connectivity index (χ0) is 24.6. The van der Waals surface area contributed by atoms with Crippen molar-refractivity contribution < 1.29 is 4.39 Å². The normalized spacial score (nSPS) is 15.5. The summed E-state index contributed by atoms with van der Waals surface area (Å²) < 4.78 is 13.7. The van der Waals surface area contributed by atoms with Gasteiger partial charge in [0.15, 0.2) is 0 Å². The topological polar surface area (TPSA) is 57.7 Å². The third kappa shape index (κ3) is 4.07. The lowest BCUT2D eigenvalue weighted by Crippen LogP contribution is -2.34. The summed E-state index contributed by atoms with van der Waals surface area (Å²) in [6.07, 6.45) is 12.1. The number of hydrogen-bond acceptors (Lipinski definition) is 4. The molecule has 6 rings (SSSR count). The Labute approximate surface area is 210 Å². The van der Waals surface area contributed by atoms with Gasteiger partial charge in [0.05, 0.1) is 11.4 Å². The van der Waals surface area contributed by atoms with Crippen LogP contribution in [0.3, 0.4) is 0 Å². The Balaban J connectivity index is 1.19. The number of aromatic amines is 1. The van der Waals surface area contributed by atoms with Gasteiger partial charge >= 0.3 is 0 Å². The van der Waals surface area contributed by atoms with Crippen LogP contribution in [0.25, 0.3) is 22.9 Å². The molecule has 6 heteroatoms. The van der Waals surface area contributed by atoms with E-state index in [2.05, 4.69) is 44.0 Å². The average Bonchev–Trinajstić information content (AvgIpc) is 3.53. The van der Waals surface area contributed by atoms with Crippen molar-refractivity contribution >= 4 is 17.5 Å². The zero-order valence-electron chi connectivity index (χ0n) is 20.1. The van der Waals surface area contributed by atoms with Gasteiger partial charge in [-0.15, -0.1) is 6.42 Å². The number of hydrogen-bond donors (Lipinski definition) is 1. The Hall–Kier alpha value is -4.24. The molecule has 1 N–H and O–H groups in total. The summed E-state index contributed by atoms with van der Waals surface area (Å²) in [5.74, 6) is 4.75. The number of nitrogens with one attached hydrogen (secondary N) is 1. The highest BCUT2D eigenvalue weighted by Gasteiger charge is 2.28. The molecule has 2 aromatic heterocycles. The van der Waals surface area contributed by atoms with Crippen LogP contribution in [0, 0.1) is 25.1 Å². The number of rotatable bonds is 4. The molecule has 5 nitrogen and oxygen atoms in total. The summed E-state index contributed by atoms with van der Waals surface area (Å²) >= 11 is 0. The van der Waals surface area contributed by atoms with E-state index in [1.165, 1.54) is 23.3 Å². The number of allylic oxidation sites excluding steroid dienone is 1. The number of aromatic nitrogens is 4. The van der Waals surface area contributed by atoms with E-state index < -0.39 is 0 Å². The van der Waals surface area contributed by atoms with E-state index in [9.17, 15) is 4.39 Å². The fourth-order valence-electron chi connectivity index (χ4n) is 5.29. The van der Waals surface area contributed by atoms with Gasteiger partial charge in [-0.05, 0) is 61.2 Å². The Morgan fingerprint density at radius 1 is 1.06 bits per heavy atom. The second-order valence-corrected chi connectivity index (χ2v) is 9.49. The van der Waals surface area contributed by atoms with Crippen molar-refractivity contribution in [3.8, 4) is 23.6 Å². The monoisotopic (exact) mass is 475 g/mol. The predicted octanol–water partition coefficient (Wildman–Crippen LogP) is 5.78. The summed E-state index contributed by atoms with van der Waals surface area (Å²) in [6, 6.07) is 14.7. The molecule has 0 saturated carbocycles. The third-order valence-electron chi connectivity index (χ3n) is 7.23. The molecule has 36 heavy (non-hydrogen) atoms. The molecule has 3 heterocycles. The molecule has 0 bridgehead atoms. The highest BCUT2D eigenvalue weighted by atomic mass is 19.1. The van der Waals surface area contributed by atoms with Crippen molar-refractivity contribution in [2.24, 2.45) is 0 Å². The number of nitrogens with zero attached hydrogens (tertiary/aromatic N) is 4. The summed E-state index contributed by atoms with van der Waals surface area (Å²) in [4.78, 5) is 19.9. The first-order valence-electron chi connectivity index (χ1n) is 12.3. The van der Waals surface area contributed by atoms with Gasteiger partial charge in [-0.1, -0.05) is 30.2 Å². The molecule has 1 aliphatic carbocycles. The van der Waals surface area contributed by atoms with Crippen LogP contribution in [0.5, 0.6) is 0 Å². The fraction of sp³-hybridized carbons (Fsp3) is 0.233. The Morgan fingerprint density at radius 3 is 2.61 bits per heavy atom. The molecule has 0 spiro atoms. The summed E-state index contributed by atoms with van der Waals surface area (Å²) in [5, 5.41) is 0. The molecule has 178 valence electrons. The third-order valence-corrected chi connectivity index (χ3v) is 7.23. The predicted molar refractivity (Wildman–Crippen MR) is 141 cm³/mol. The zero-order valence-corrected chi connectivity index (χ0v) is 20.1. The van der Waals surface area contributed by atoms with Crippen LogP contribution in [0.1, 0.15) is 52.7 Å². The maximum absolute atomic E-state index is 13.7. The van der Waals surface area contributed by atoms with Crippen molar-refractivity contribution in [1.29, 1.82) is 0 Å². The van der Waals surface area contributed by atoms with Gasteiger partial charge in [-0.2, -0.15) is 0 Å². The molecule has 2 aromatic carbocycles. The SMILES string of the molecule is C#Cc1ccc(C2=Cc3c(ncnc3N3CCC(c4nc(-c5cccc(F)c5)c(C)[nH]4)CC3)C2)cc1. The van der Waals surface area contributed by atoms with E-state index in [4.69, 9.17) is 11.4 Å². The van der Waals surface area contributed by atoms with E-state index >= 15 is 0 Å². The molecule has 0 amide bonds. The minimum absolute atomic E-state index is 0.246. The first-order valence-corrected chi connectivity index (χ1v) is 12.3. The van der Waals surface area contributed by atoms with Crippen molar-refractivity contribution in [2.45, 2.75) is 32.1 Å². The number of aryl methyl sites for hydroxylation is 1. The van der Waals surface area contributed by atoms with Crippen LogP contribution in [0.4, 0.5) is 10.2 Å². The highest BCUT2D eigenvalue weighted by Crippen LogP contribution is 2.37. The van der Waals surface area contributed by atoms with Crippen LogP contribution in [-0.2, 0) is 6.42 Å². The van der Waals surface area contributed by atoms with Crippen molar-refractivity contribution in [2.75, 3.05) is 18.0 Å². The quantitative estimate of drug-likeness (QED) is 0.381. The summed E-state index contributed by atoms with van der Waals surface area (Å²) in [5.41, 5.74) is 8.08. The second kappa shape index (κ2) is 9.09. The average molecular weight is 476 g/mol. The minimum Gasteiger partial charge on any atom is -0.356 e. The molecule has 1 fully saturated rings. The van der Waals surface area contributed by atoms with E-state index in [0.717, 1.165) is 77.8 Å². The van der Waals surface area contributed by atoms with Crippen molar-refractivity contribution in [3.63, 3.8) is 0 Å². The number of piperidine rings is 1.